The highest BCUT2D eigenvalue weighted by Gasteiger charge is 2.41. The van der Waals surface area contributed by atoms with Crippen LogP contribution in [0.1, 0.15) is 34.1 Å². The number of hydrogen-bond acceptors (Lipinski definition) is 4. The number of amides is 1. The van der Waals surface area contributed by atoms with E-state index in [1.807, 2.05) is 31.2 Å². The van der Waals surface area contributed by atoms with Crippen LogP contribution in [0.15, 0.2) is 29.1 Å². The molecule has 2 atom stereocenters. The number of nitrogens with one attached hydrogen (secondary N) is 1. The Labute approximate surface area is 157 Å². The predicted octanol–water partition coefficient (Wildman–Crippen LogP) is 1.56. The number of benzene rings is 1. The van der Waals surface area contributed by atoms with Crippen molar-refractivity contribution in [2.45, 2.75) is 33.1 Å². The fourth-order valence-electron chi connectivity index (χ4n) is 3.80. The van der Waals surface area contributed by atoms with Crippen LogP contribution >= 0.6 is 0 Å². The maximum atomic E-state index is 12.8. The molecule has 2 N–H and O–H groups in total. The number of carboxylic acid groups (broad SMARTS) is 1. The fourth-order valence-corrected chi connectivity index (χ4v) is 3.80. The Balaban J connectivity index is 1.84. The van der Waals surface area contributed by atoms with Crippen LogP contribution in [0.2, 0.25) is 0 Å². The summed E-state index contributed by atoms with van der Waals surface area (Å²) in [5.41, 5.74) is 2.49. The first-order valence-corrected chi connectivity index (χ1v) is 8.90. The number of aliphatic carboxylic acids is 1. The van der Waals surface area contributed by atoms with Gasteiger partial charge in [-0.15, -0.1) is 0 Å². The van der Waals surface area contributed by atoms with Gasteiger partial charge in [0.25, 0.3) is 5.56 Å². The summed E-state index contributed by atoms with van der Waals surface area (Å²) in [6, 6.07) is 7.65. The van der Waals surface area contributed by atoms with Crippen molar-refractivity contribution in [2.24, 2.45) is 5.92 Å². The van der Waals surface area contributed by atoms with Crippen molar-refractivity contribution < 1.29 is 14.7 Å². The largest absolute Gasteiger partial charge is 0.481 e. The zero-order chi connectivity index (χ0) is 19.7. The topological polar surface area (TPSA) is 103 Å². The van der Waals surface area contributed by atoms with Crippen molar-refractivity contribution in [3.8, 4) is 0 Å². The monoisotopic (exact) mass is 369 g/mol. The van der Waals surface area contributed by atoms with Gasteiger partial charge in [-0.25, -0.2) is 4.98 Å². The Hall–Kier alpha value is -2.96. The number of nitrogens with zero attached hydrogens (tertiary/aromatic N) is 2. The highest BCUT2D eigenvalue weighted by atomic mass is 16.4. The Bertz CT molecular complexity index is 950. The van der Waals surface area contributed by atoms with E-state index in [-0.39, 0.29) is 30.3 Å². The average Bonchev–Trinajstić information content (AvgIpc) is 3.04. The average molecular weight is 369 g/mol. The van der Waals surface area contributed by atoms with Crippen LogP contribution in [0.3, 0.4) is 0 Å². The number of likely N-dealkylation sites (tertiary alicyclic amines) is 1. The van der Waals surface area contributed by atoms with Crippen LogP contribution in [0.25, 0.3) is 0 Å². The molecule has 1 aromatic heterocycles. The molecule has 3 rings (SSSR count). The van der Waals surface area contributed by atoms with Crippen LogP contribution in [-0.4, -0.2) is 44.9 Å². The zero-order valence-corrected chi connectivity index (χ0v) is 15.7. The van der Waals surface area contributed by atoms with Gasteiger partial charge in [0.05, 0.1) is 12.3 Å². The third-order valence-electron chi connectivity index (χ3n) is 5.25. The van der Waals surface area contributed by atoms with Crippen LogP contribution in [-0.2, 0) is 16.0 Å². The van der Waals surface area contributed by atoms with E-state index >= 15 is 0 Å². The van der Waals surface area contributed by atoms with Gasteiger partial charge in [0, 0.05) is 30.3 Å². The van der Waals surface area contributed by atoms with E-state index in [2.05, 4.69) is 9.97 Å². The normalized spacial score (nSPS) is 19.3. The van der Waals surface area contributed by atoms with E-state index in [1.54, 1.807) is 18.7 Å². The van der Waals surface area contributed by atoms with E-state index < -0.39 is 11.9 Å². The van der Waals surface area contributed by atoms with Gasteiger partial charge in [-0.3, -0.25) is 14.4 Å². The number of hydrogen-bond donors (Lipinski definition) is 2. The third-order valence-corrected chi connectivity index (χ3v) is 5.25. The number of carbonyl (C=O) groups excluding carboxylic acids is 1. The minimum Gasteiger partial charge on any atom is -0.481 e. The number of aromatic nitrogens is 2. The smallest absolute Gasteiger partial charge is 0.308 e. The van der Waals surface area contributed by atoms with Crippen LogP contribution in [0.5, 0.6) is 0 Å². The summed E-state index contributed by atoms with van der Waals surface area (Å²) in [6.45, 7) is 5.80. The van der Waals surface area contributed by atoms with Crippen LogP contribution in [0.4, 0.5) is 0 Å². The number of aryl methyl sites for hydroxylation is 3. The molecule has 0 bridgehead atoms. The lowest BCUT2D eigenvalue weighted by atomic mass is 9.86. The molecule has 2 heterocycles. The van der Waals surface area contributed by atoms with E-state index in [9.17, 15) is 19.5 Å². The number of carboxylic acids is 1. The van der Waals surface area contributed by atoms with Crippen LogP contribution in [0, 0.1) is 26.7 Å². The summed E-state index contributed by atoms with van der Waals surface area (Å²) >= 11 is 0. The fraction of sp³-hybridized carbons (Fsp3) is 0.400. The van der Waals surface area contributed by atoms with E-state index in [0.29, 0.717) is 23.6 Å². The highest BCUT2D eigenvalue weighted by Crippen LogP contribution is 2.34. The van der Waals surface area contributed by atoms with E-state index in [4.69, 9.17) is 0 Å². The van der Waals surface area contributed by atoms with Gasteiger partial charge in [-0.1, -0.05) is 24.3 Å². The second kappa shape index (κ2) is 7.34. The lowest BCUT2D eigenvalue weighted by Crippen LogP contribution is -2.33. The Morgan fingerprint density at radius 3 is 2.56 bits per heavy atom. The molecule has 1 aromatic carbocycles. The summed E-state index contributed by atoms with van der Waals surface area (Å²) in [5, 5.41) is 9.64. The van der Waals surface area contributed by atoms with Gasteiger partial charge in [0.2, 0.25) is 5.91 Å². The maximum Gasteiger partial charge on any atom is 0.308 e. The Kier molecular flexibility index (Phi) is 5.12. The first kappa shape index (κ1) is 18.8. The molecule has 1 saturated heterocycles. The number of rotatable bonds is 4. The molecule has 0 unspecified atom stereocenters. The molecule has 1 amide bonds. The van der Waals surface area contributed by atoms with Crippen molar-refractivity contribution in [2.75, 3.05) is 13.1 Å². The summed E-state index contributed by atoms with van der Waals surface area (Å²) < 4.78 is 0. The maximum absolute atomic E-state index is 12.8. The van der Waals surface area contributed by atoms with Crippen molar-refractivity contribution in [1.29, 1.82) is 0 Å². The molecule has 7 heteroatoms. The number of carbonyl (C=O) groups is 2. The quantitative estimate of drug-likeness (QED) is 0.851. The van der Waals surface area contributed by atoms with Crippen molar-refractivity contribution in [3.63, 3.8) is 0 Å². The molecule has 0 spiro atoms. The summed E-state index contributed by atoms with van der Waals surface area (Å²) in [7, 11) is 0. The molecule has 1 fully saturated rings. The van der Waals surface area contributed by atoms with Gasteiger partial charge in [0.15, 0.2) is 0 Å². The molecule has 1 aliphatic heterocycles. The minimum absolute atomic E-state index is 0.0821. The zero-order valence-electron chi connectivity index (χ0n) is 15.7. The van der Waals surface area contributed by atoms with Gasteiger partial charge < -0.3 is 15.0 Å². The molecule has 2 aromatic rings. The Morgan fingerprint density at radius 1 is 1.22 bits per heavy atom. The van der Waals surface area contributed by atoms with Crippen molar-refractivity contribution >= 4 is 11.9 Å². The highest BCUT2D eigenvalue weighted by molar-refractivity contribution is 5.81. The lowest BCUT2D eigenvalue weighted by molar-refractivity contribution is -0.141. The van der Waals surface area contributed by atoms with Crippen LogP contribution < -0.4 is 5.56 Å². The molecule has 0 aliphatic carbocycles. The van der Waals surface area contributed by atoms with Gasteiger partial charge >= 0.3 is 5.97 Å². The lowest BCUT2D eigenvalue weighted by Gasteiger charge is -2.18. The molecule has 1 aliphatic rings. The van der Waals surface area contributed by atoms with E-state index in [0.717, 1.165) is 11.1 Å². The summed E-state index contributed by atoms with van der Waals surface area (Å²) in [6.07, 6.45) is -0.0821. The van der Waals surface area contributed by atoms with Crippen molar-refractivity contribution in [3.05, 3.63) is 62.8 Å². The molecule has 0 saturated carbocycles. The molecule has 7 nitrogen and oxygen atoms in total. The standard InChI is InChI=1S/C20H23N3O4/c1-11-6-4-5-7-14(11)16-9-23(10-17(16)20(26)27)18(24)8-15-12(2)21-13(3)22-19(15)25/h4-7,16-17H,8-10H2,1-3H3,(H,26,27)(H,21,22,25)/t16-,17+/m0/s1. The van der Waals surface area contributed by atoms with Crippen molar-refractivity contribution in [1.82, 2.24) is 14.9 Å². The van der Waals surface area contributed by atoms with Gasteiger partial charge in [-0.2, -0.15) is 0 Å². The first-order valence-electron chi connectivity index (χ1n) is 8.90. The first-order chi connectivity index (χ1) is 12.8. The Morgan fingerprint density at radius 2 is 1.93 bits per heavy atom. The second-order valence-electron chi connectivity index (χ2n) is 7.10. The number of aromatic amines is 1. The van der Waals surface area contributed by atoms with Gasteiger partial charge in [-0.05, 0) is 31.9 Å². The second-order valence-corrected chi connectivity index (χ2v) is 7.10. The molecular formula is C20H23N3O4. The van der Waals surface area contributed by atoms with E-state index in [1.165, 1.54) is 0 Å². The van der Waals surface area contributed by atoms with Gasteiger partial charge in [0.1, 0.15) is 5.82 Å². The minimum atomic E-state index is -0.912. The SMILES string of the molecule is Cc1nc(C)c(CC(=O)N2C[C@@H](C(=O)O)[C@H](c3ccccc3C)C2)c(=O)[nH]1. The summed E-state index contributed by atoms with van der Waals surface area (Å²) in [5.74, 6) is -1.59. The molecule has 27 heavy (non-hydrogen) atoms. The molecule has 142 valence electrons. The predicted molar refractivity (Wildman–Crippen MR) is 99.7 cm³/mol. The molecule has 0 radical (unpaired) electrons. The third kappa shape index (κ3) is 3.77. The number of H-pyrrole nitrogens is 1. The molecular weight excluding hydrogens is 346 g/mol. The summed E-state index contributed by atoms with van der Waals surface area (Å²) in [4.78, 5) is 45.1.